The number of rotatable bonds is 7. The van der Waals surface area contributed by atoms with Crippen LogP contribution in [0.5, 0.6) is 0 Å². The van der Waals surface area contributed by atoms with E-state index in [1.165, 1.54) is 10.6 Å². The van der Waals surface area contributed by atoms with Crippen LogP contribution >= 0.6 is 0 Å². The highest BCUT2D eigenvalue weighted by Gasteiger charge is 2.24. The summed E-state index contributed by atoms with van der Waals surface area (Å²) in [5.41, 5.74) is 6.73. The number of nitrogens with one attached hydrogen (secondary N) is 1. The van der Waals surface area contributed by atoms with Crippen LogP contribution in [0.2, 0.25) is 0 Å². The zero-order chi connectivity index (χ0) is 27.0. The van der Waals surface area contributed by atoms with Crippen molar-refractivity contribution in [2.24, 2.45) is 0 Å². The third kappa shape index (κ3) is 5.21. The number of hydrogen-bond acceptors (Lipinski definition) is 8. The summed E-state index contributed by atoms with van der Waals surface area (Å²) in [7, 11) is -1.91. The van der Waals surface area contributed by atoms with Gasteiger partial charge in [-0.25, -0.2) is 18.4 Å². The molecule has 1 atom stereocenters. The third-order valence-electron chi connectivity index (χ3n) is 6.94. The Bertz CT molecular complexity index is 1590. The molecular formula is C27H33N7O3S. The Kier molecular flexibility index (Phi) is 7.06. The molecule has 200 valence electrons. The molecule has 0 aliphatic carbocycles. The van der Waals surface area contributed by atoms with Gasteiger partial charge in [-0.1, -0.05) is 12.1 Å². The third-order valence-corrected chi connectivity index (χ3v) is 8.13. The second-order valence-electron chi connectivity index (χ2n) is 9.77. The van der Waals surface area contributed by atoms with E-state index in [1.807, 2.05) is 45.0 Å². The fraction of sp³-hybridized carbons (Fsp3) is 0.407. The van der Waals surface area contributed by atoms with Gasteiger partial charge in [-0.15, -0.1) is 0 Å². The Morgan fingerprint density at radius 3 is 2.55 bits per heavy atom. The quantitative estimate of drug-likeness (QED) is 0.366. The normalized spacial score (nSPS) is 16.1. The fourth-order valence-electron chi connectivity index (χ4n) is 4.72. The molecule has 4 heterocycles. The average molecular weight is 536 g/mol. The van der Waals surface area contributed by atoms with E-state index in [4.69, 9.17) is 19.7 Å². The Hall–Kier alpha value is -3.57. The van der Waals surface area contributed by atoms with E-state index in [0.717, 1.165) is 59.2 Å². The first-order valence-corrected chi connectivity index (χ1v) is 14.6. The van der Waals surface area contributed by atoms with Gasteiger partial charge >= 0.3 is 0 Å². The first kappa shape index (κ1) is 26.1. The lowest BCUT2D eigenvalue weighted by molar-refractivity contribution is -0.0309. The van der Waals surface area contributed by atoms with Crippen molar-refractivity contribution < 1.29 is 13.2 Å². The lowest BCUT2D eigenvalue weighted by Gasteiger charge is -2.25. The molecule has 0 radical (unpaired) electrons. The summed E-state index contributed by atoms with van der Waals surface area (Å²) < 4.78 is 34.1. The van der Waals surface area contributed by atoms with E-state index in [0.29, 0.717) is 29.9 Å². The van der Waals surface area contributed by atoms with Gasteiger partial charge in [-0.3, -0.25) is 18.8 Å². The maximum Gasteiger partial charge on any atom is 0.232 e. The lowest BCUT2D eigenvalue weighted by atomic mass is 10.1. The van der Waals surface area contributed by atoms with Crippen LogP contribution < -0.4 is 9.62 Å². The van der Waals surface area contributed by atoms with Gasteiger partial charge in [0.25, 0.3) is 0 Å². The number of benzene rings is 1. The number of para-hydroxylation sites is 2. The van der Waals surface area contributed by atoms with Gasteiger partial charge in [0.2, 0.25) is 10.0 Å². The molecule has 0 amide bonds. The molecule has 11 heteroatoms. The summed E-state index contributed by atoms with van der Waals surface area (Å²) in [5.74, 6) is 0.812. The molecular weight excluding hydrogens is 502 g/mol. The van der Waals surface area contributed by atoms with E-state index in [2.05, 4.69) is 14.9 Å². The molecule has 0 saturated carbocycles. The SMILES string of the molecule is Cc1ncc(Cc2cc(Nc3ccccc3N(C)S(C)(=O)=O)c3nc(C)n(C4CCCCO4)c3n2)nc1C. The molecule has 10 nitrogen and oxygen atoms in total. The summed E-state index contributed by atoms with van der Waals surface area (Å²) >= 11 is 0. The molecule has 0 bridgehead atoms. The van der Waals surface area contributed by atoms with Crippen LogP contribution in [0.4, 0.5) is 17.1 Å². The van der Waals surface area contributed by atoms with Crippen molar-refractivity contribution in [3.8, 4) is 0 Å². The van der Waals surface area contributed by atoms with Gasteiger partial charge in [0.1, 0.15) is 17.6 Å². The fourth-order valence-corrected chi connectivity index (χ4v) is 5.24. The topological polar surface area (TPSA) is 115 Å². The van der Waals surface area contributed by atoms with Crippen LogP contribution in [0.3, 0.4) is 0 Å². The van der Waals surface area contributed by atoms with E-state index in [1.54, 1.807) is 19.3 Å². The molecule has 1 N–H and O–H groups in total. The average Bonchev–Trinajstić information content (AvgIpc) is 3.22. The first-order chi connectivity index (χ1) is 18.1. The van der Waals surface area contributed by atoms with Crippen molar-refractivity contribution in [2.75, 3.05) is 29.5 Å². The summed E-state index contributed by atoms with van der Waals surface area (Å²) in [6, 6.07) is 9.26. The zero-order valence-corrected chi connectivity index (χ0v) is 23.2. The number of pyridine rings is 1. The van der Waals surface area contributed by atoms with Crippen molar-refractivity contribution in [1.29, 1.82) is 0 Å². The van der Waals surface area contributed by atoms with E-state index >= 15 is 0 Å². The van der Waals surface area contributed by atoms with Crippen molar-refractivity contribution >= 4 is 38.2 Å². The van der Waals surface area contributed by atoms with E-state index in [-0.39, 0.29) is 6.23 Å². The molecule has 5 rings (SSSR count). The van der Waals surface area contributed by atoms with Gasteiger partial charge < -0.3 is 10.1 Å². The monoisotopic (exact) mass is 535 g/mol. The van der Waals surface area contributed by atoms with Gasteiger partial charge in [0.05, 0.1) is 46.1 Å². The van der Waals surface area contributed by atoms with Gasteiger partial charge in [0.15, 0.2) is 5.65 Å². The van der Waals surface area contributed by atoms with Crippen LogP contribution in [0, 0.1) is 20.8 Å². The number of imidazole rings is 1. The highest BCUT2D eigenvalue weighted by molar-refractivity contribution is 7.92. The maximum atomic E-state index is 12.3. The number of aryl methyl sites for hydroxylation is 3. The minimum Gasteiger partial charge on any atom is -0.358 e. The lowest BCUT2D eigenvalue weighted by Crippen LogP contribution is -2.25. The maximum absolute atomic E-state index is 12.3. The second kappa shape index (κ2) is 10.3. The summed E-state index contributed by atoms with van der Waals surface area (Å²) in [5, 5.41) is 3.46. The number of hydrogen-bond donors (Lipinski definition) is 1. The highest BCUT2D eigenvalue weighted by atomic mass is 32.2. The largest absolute Gasteiger partial charge is 0.358 e. The van der Waals surface area contributed by atoms with E-state index in [9.17, 15) is 8.42 Å². The van der Waals surface area contributed by atoms with Gasteiger partial charge in [-0.2, -0.15) is 0 Å². The molecule has 38 heavy (non-hydrogen) atoms. The molecule has 1 aliphatic heterocycles. The molecule has 1 aliphatic rings. The number of sulfonamides is 1. The number of fused-ring (bicyclic) bond motifs is 1. The van der Waals surface area contributed by atoms with E-state index < -0.39 is 10.0 Å². The summed E-state index contributed by atoms with van der Waals surface area (Å²) in [6.45, 7) is 6.56. The molecule has 1 aromatic carbocycles. The van der Waals surface area contributed by atoms with Gasteiger partial charge in [0, 0.05) is 26.3 Å². The summed E-state index contributed by atoms with van der Waals surface area (Å²) in [6.07, 6.45) is 6.35. The number of ether oxygens (including phenoxy) is 1. The van der Waals surface area contributed by atoms with Crippen LogP contribution in [-0.4, -0.2) is 52.8 Å². The number of anilines is 3. The zero-order valence-electron chi connectivity index (χ0n) is 22.4. The van der Waals surface area contributed by atoms with Crippen LogP contribution in [0.1, 0.15) is 54.1 Å². The Morgan fingerprint density at radius 1 is 1.05 bits per heavy atom. The minimum atomic E-state index is -3.46. The first-order valence-electron chi connectivity index (χ1n) is 12.7. The van der Waals surface area contributed by atoms with Gasteiger partial charge in [-0.05, 0) is 58.2 Å². The Balaban J connectivity index is 1.64. The minimum absolute atomic E-state index is 0.130. The predicted molar refractivity (Wildman–Crippen MR) is 148 cm³/mol. The number of nitrogens with zero attached hydrogens (tertiary/aromatic N) is 6. The summed E-state index contributed by atoms with van der Waals surface area (Å²) in [4.78, 5) is 19.1. The second-order valence-corrected chi connectivity index (χ2v) is 11.8. The number of aromatic nitrogens is 5. The molecule has 4 aromatic rings. The van der Waals surface area contributed by atoms with Crippen LogP contribution in [-0.2, 0) is 21.2 Å². The Labute approximate surface area is 223 Å². The van der Waals surface area contributed by atoms with Crippen molar-refractivity contribution in [3.63, 3.8) is 0 Å². The van der Waals surface area contributed by atoms with Crippen molar-refractivity contribution in [1.82, 2.24) is 24.5 Å². The van der Waals surface area contributed by atoms with Crippen molar-refractivity contribution in [3.05, 3.63) is 65.1 Å². The highest BCUT2D eigenvalue weighted by Crippen LogP contribution is 2.35. The van der Waals surface area contributed by atoms with Crippen LogP contribution in [0.15, 0.2) is 36.5 Å². The molecule has 0 spiro atoms. The molecule has 1 saturated heterocycles. The molecule has 1 fully saturated rings. The van der Waals surface area contributed by atoms with Crippen molar-refractivity contribution in [2.45, 2.75) is 52.7 Å². The Morgan fingerprint density at radius 2 is 1.84 bits per heavy atom. The standard InChI is InChI=1S/C27H33N7O3S/c1-17-18(2)29-21(16-28-17)14-20-15-23(32-22-10-6-7-11-24(22)33(4)38(5,35)36)26-27(31-20)34(19(3)30-26)25-12-8-9-13-37-25/h6-7,10-11,15-16,25H,8-9,12-14H2,1-5H3,(H,31,32). The van der Waals surface area contributed by atoms with Crippen LogP contribution in [0.25, 0.3) is 11.2 Å². The molecule has 1 unspecified atom stereocenters. The smallest absolute Gasteiger partial charge is 0.232 e. The molecule has 3 aromatic heterocycles. The predicted octanol–water partition coefficient (Wildman–Crippen LogP) is 4.58.